The molecule has 4 heterocycles. The van der Waals surface area contributed by atoms with E-state index in [0.717, 1.165) is 41.6 Å². The summed E-state index contributed by atoms with van der Waals surface area (Å²) < 4.78 is 7.15. The molecular weight excluding hydrogens is 344 g/mol. The van der Waals surface area contributed by atoms with Crippen molar-refractivity contribution in [2.45, 2.75) is 32.6 Å². The first kappa shape index (κ1) is 17.5. The van der Waals surface area contributed by atoms with Gasteiger partial charge in [0.2, 0.25) is 0 Å². The third-order valence-electron chi connectivity index (χ3n) is 4.53. The highest BCUT2D eigenvalue weighted by Crippen LogP contribution is 2.27. The molecular formula is C18H22N8O. The lowest BCUT2D eigenvalue weighted by Gasteiger charge is -2.18. The smallest absolute Gasteiger partial charge is 0.163 e. The van der Waals surface area contributed by atoms with Gasteiger partial charge in [-0.2, -0.15) is 0 Å². The monoisotopic (exact) mass is 366 g/mol. The van der Waals surface area contributed by atoms with Gasteiger partial charge in [-0.1, -0.05) is 0 Å². The van der Waals surface area contributed by atoms with Gasteiger partial charge in [0.25, 0.3) is 0 Å². The number of aromatic nitrogens is 6. The summed E-state index contributed by atoms with van der Waals surface area (Å²) >= 11 is 0. The summed E-state index contributed by atoms with van der Waals surface area (Å²) in [5, 5.41) is 15.1. The highest BCUT2D eigenvalue weighted by Gasteiger charge is 2.22. The summed E-state index contributed by atoms with van der Waals surface area (Å²) in [7, 11) is 1.68. The second kappa shape index (κ2) is 7.77. The number of ether oxygens (including phenoxy) is 1. The molecule has 0 bridgehead atoms. The average Bonchev–Trinajstić information content (AvgIpc) is 3.36. The summed E-state index contributed by atoms with van der Waals surface area (Å²) in [4.78, 5) is 13.7. The maximum absolute atomic E-state index is 5.16. The normalized spacial score (nSPS) is 14.1. The molecule has 4 rings (SSSR count). The van der Waals surface area contributed by atoms with Crippen LogP contribution in [-0.2, 0) is 24.4 Å². The molecule has 1 aliphatic rings. The molecule has 0 spiro atoms. The average molecular weight is 366 g/mol. The molecule has 0 saturated heterocycles. The van der Waals surface area contributed by atoms with Gasteiger partial charge in [-0.25, -0.2) is 9.97 Å². The van der Waals surface area contributed by atoms with Crippen molar-refractivity contribution in [1.29, 1.82) is 0 Å². The van der Waals surface area contributed by atoms with Crippen molar-refractivity contribution in [1.82, 2.24) is 35.0 Å². The van der Waals surface area contributed by atoms with E-state index in [9.17, 15) is 0 Å². The third-order valence-corrected chi connectivity index (χ3v) is 4.53. The van der Waals surface area contributed by atoms with Crippen LogP contribution in [-0.4, -0.2) is 43.4 Å². The van der Waals surface area contributed by atoms with Gasteiger partial charge in [0, 0.05) is 50.3 Å². The van der Waals surface area contributed by atoms with Gasteiger partial charge in [-0.05, 0) is 19.1 Å². The Bertz CT molecular complexity index is 911. The molecule has 9 heteroatoms. The fourth-order valence-electron chi connectivity index (χ4n) is 3.14. The minimum atomic E-state index is -0.0642. The van der Waals surface area contributed by atoms with Crippen LogP contribution in [0, 0.1) is 0 Å². The van der Waals surface area contributed by atoms with E-state index in [1.807, 2.05) is 23.6 Å². The summed E-state index contributed by atoms with van der Waals surface area (Å²) in [5.41, 5.74) is 3.00. The zero-order valence-corrected chi connectivity index (χ0v) is 15.4. The van der Waals surface area contributed by atoms with Crippen molar-refractivity contribution in [3.63, 3.8) is 0 Å². The van der Waals surface area contributed by atoms with Gasteiger partial charge in [-0.15, -0.1) is 10.2 Å². The summed E-state index contributed by atoms with van der Waals surface area (Å²) in [6.45, 7) is 4.84. The molecule has 3 aromatic heterocycles. The van der Waals surface area contributed by atoms with E-state index in [1.165, 1.54) is 0 Å². The van der Waals surface area contributed by atoms with Crippen LogP contribution in [0.4, 0.5) is 5.82 Å². The lowest BCUT2D eigenvalue weighted by atomic mass is 10.2. The second-order valence-corrected chi connectivity index (χ2v) is 6.41. The third kappa shape index (κ3) is 3.64. The van der Waals surface area contributed by atoms with Crippen molar-refractivity contribution in [2.24, 2.45) is 0 Å². The second-order valence-electron chi connectivity index (χ2n) is 6.41. The van der Waals surface area contributed by atoms with Crippen LogP contribution < -0.4 is 10.6 Å². The Morgan fingerprint density at radius 1 is 1.33 bits per heavy atom. The Morgan fingerprint density at radius 2 is 2.26 bits per heavy atom. The summed E-state index contributed by atoms with van der Waals surface area (Å²) in [6.07, 6.45) is 5.24. The molecule has 0 radical (unpaired) electrons. The Labute approximate surface area is 157 Å². The Kier molecular flexibility index (Phi) is 5.03. The number of nitrogens with zero attached hydrogens (tertiary/aromatic N) is 6. The van der Waals surface area contributed by atoms with Crippen molar-refractivity contribution in [3.8, 4) is 11.4 Å². The van der Waals surface area contributed by atoms with E-state index in [0.29, 0.717) is 19.0 Å². The maximum atomic E-state index is 5.16. The number of rotatable bonds is 7. The largest absolute Gasteiger partial charge is 0.383 e. The van der Waals surface area contributed by atoms with E-state index in [4.69, 9.17) is 14.7 Å². The molecule has 2 N–H and O–H groups in total. The van der Waals surface area contributed by atoms with Crippen LogP contribution in [0.2, 0.25) is 0 Å². The summed E-state index contributed by atoms with van der Waals surface area (Å²) in [5.74, 6) is 2.33. The van der Waals surface area contributed by atoms with Gasteiger partial charge in [0.1, 0.15) is 12.1 Å². The first-order chi connectivity index (χ1) is 13.3. The van der Waals surface area contributed by atoms with Gasteiger partial charge in [0.15, 0.2) is 11.6 Å². The van der Waals surface area contributed by atoms with Crippen LogP contribution in [0.5, 0.6) is 0 Å². The molecule has 0 amide bonds. The number of nitrogens with one attached hydrogen (secondary N) is 2. The number of methoxy groups -OCH3 is 1. The minimum absolute atomic E-state index is 0.0642. The van der Waals surface area contributed by atoms with Crippen molar-refractivity contribution in [2.75, 3.05) is 19.0 Å². The van der Waals surface area contributed by atoms with E-state index in [2.05, 4.69) is 25.8 Å². The molecule has 1 aliphatic heterocycles. The molecule has 27 heavy (non-hydrogen) atoms. The van der Waals surface area contributed by atoms with E-state index in [-0.39, 0.29) is 6.04 Å². The lowest BCUT2D eigenvalue weighted by Crippen LogP contribution is -2.17. The van der Waals surface area contributed by atoms with Crippen LogP contribution in [0.3, 0.4) is 0 Å². The van der Waals surface area contributed by atoms with E-state index >= 15 is 0 Å². The number of anilines is 1. The topological polar surface area (TPSA) is 103 Å². The number of fused-ring (bicyclic) bond motifs is 1. The molecule has 0 aliphatic carbocycles. The Balaban J connectivity index is 1.64. The molecule has 3 aromatic rings. The zero-order chi connectivity index (χ0) is 18.6. The quantitative estimate of drug-likeness (QED) is 0.649. The highest BCUT2D eigenvalue weighted by atomic mass is 16.5. The molecule has 1 atom stereocenters. The van der Waals surface area contributed by atoms with Gasteiger partial charge in [0.05, 0.1) is 18.3 Å². The SMILES string of the molecule is COCCn1cnnc1C(C)Nc1nc(-c2cccnc2)nc2c1CNC2. The van der Waals surface area contributed by atoms with Crippen molar-refractivity contribution in [3.05, 3.63) is 47.9 Å². The Hall–Kier alpha value is -2.91. The van der Waals surface area contributed by atoms with Crippen LogP contribution in [0.1, 0.15) is 30.0 Å². The first-order valence-corrected chi connectivity index (χ1v) is 8.90. The van der Waals surface area contributed by atoms with Gasteiger partial charge < -0.3 is 19.9 Å². The molecule has 1 unspecified atom stereocenters. The fraction of sp³-hybridized carbons (Fsp3) is 0.389. The molecule has 9 nitrogen and oxygen atoms in total. The van der Waals surface area contributed by atoms with E-state index < -0.39 is 0 Å². The highest BCUT2D eigenvalue weighted by molar-refractivity contribution is 5.60. The fourth-order valence-corrected chi connectivity index (χ4v) is 3.14. The Morgan fingerprint density at radius 3 is 3.07 bits per heavy atom. The first-order valence-electron chi connectivity index (χ1n) is 8.90. The molecule has 140 valence electrons. The molecule has 0 saturated carbocycles. The molecule has 0 fully saturated rings. The van der Waals surface area contributed by atoms with Crippen LogP contribution in [0.15, 0.2) is 30.9 Å². The number of hydrogen-bond donors (Lipinski definition) is 2. The molecule has 0 aromatic carbocycles. The van der Waals surface area contributed by atoms with Crippen LogP contribution >= 0.6 is 0 Å². The van der Waals surface area contributed by atoms with Crippen molar-refractivity contribution >= 4 is 5.82 Å². The van der Waals surface area contributed by atoms with E-state index in [1.54, 1.807) is 25.8 Å². The number of pyridine rings is 1. The maximum Gasteiger partial charge on any atom is 0.163 e. The predicted molar refractivity (Wildman–Crippen MR) is 99.7 cm³/mol. The number of hydrogen-bond acceptors (Lipinski definition) is 8. The van der Waals surface area contributed by atoms with Crippen LogP contribution in [0.25, 0.3) is 11.4 Å². The lowest BCUT2D eigenvalue weighted by molar-refractivity contribution is 0.186. The summed E-state index contributed by atoms with van der Waals surface area (Å²) in [6, 6.07) is 3.79. The van der Waals surface area contributed by atoms with Crippen molar-refractivity contribution < 1.29 is 4.74 Å². The minimum Gasteiger partial charge on any atom is -0.383 e. The van der Waals surface area contributed by atoms with Gasteiger partial charge in [-0.3, -0.25) is 4.98 Å². The predicted octanol–water partition coefficient (Wildman–Crippen LogP) is 1.55. The standard InChI is InChI=1S/C18H22N8O/c1-12(18-25-21-11-26(18)6-7-27-2)22-17-14-9-20-10-15(14)23-16(24-17)13-4-3-5-19-8-13/h3-5,8,11-12,20H,6-7,9-10H2,1-2H3,(H,22,23,24). The zero-order valence-electron chi connectivity index (χ0n) is 15.4. The van der Waals surface area contributed by atoms with Gasteiger partial charge >= 0.3 is 0 Å².